The molecule has 1 saturated heterocycles. The van der Waals surface area contributed by atoms with Crippen LogP contribution in [0.25, 0.3) is 0 Å². The Morgan fingerprint density at radius 3 is 2.56 bits per heavy atom. The number of nitrogens with one attached hydrogen (secondary N) is 1. The number of amides is 2. The van der Waals surface area contributed by atoms with Crippen LogP contribution in [0.1, 0.15) is 51.4 Å². The molecule has 1 heterocycles. The van der Waals surface area contributed by atoms with Crippen LogP contribution in [0, 0.1) is 5.92 Å². The molecule has 1 aliphatic heterocycles. The van der Waals surface area contributed by atoms with Gasteiger partial charge in [-0.1, -0.05) is 0 Å². The molecule has 2 saturated carbocycles. The number of urea groups is 1. The molecule has 0 aromatic heterocycles. The van der Waals surface area contributed by atoms with Crippen LogP contribution >= 0.6 is 0 Å². The third-order valence-electron chi connectivity index (χ3n) is 4.81. The minimum absolute atomic E-state index is 0.0712. The second-order valence-corrected chi connectivity index (χ2v) is 5.95. The number of carbonyl (C=O) groups is 2. The number of hydrogen-bond donors (Lipinski definition) is 1. The molecule has 0 aromatic carbocycles. The summed E-state index contributed by atoms with van der Waals surface area (Å²) in [6.07, 6.45) is 8.24. The first kappa shape index (κ1) is 12.0. The molecule has 3 rings (SSSR count). The third-order valence-corrected chi connectivity index (χ3v) is 4.81. The van der Waals surface area contributed by atoms with E-state index in [0.29, 0.717) is 11.8 Å². The van der Waals surface area contributed by atoms with Crippen molar-refractivity contribution in [2.24, 2.45) is 5.92 Å². The van der Waals surface area contributed by atoms with Crippen molar-refractivity contribution in [1.82, 2.24) is 10.2 Å². The Hall–Kier alpha value is -1.06. The number of carbonyl (C=O) groups excluding carboxylic acids is 2. The molecule has 0 radical (unpaired) electrons. The van der Waals surface area contributed by atoms with Gasteiger partial charge in [-0.25, -0.2) is 4.79 Å². The summed E-state index contributed by atoms with van der Waals surface area (Å²) < 4.78 is 0. The SMILES string of the molecule is O=C1CCCC1C1CCCN1C(=O)NC1CCC1. The highest BCUT2D eigenvalue weighted by Crippen LogP contribution is 2.33. The maximum atomic E-state index is 12.2. The first-order valence-corrected chi connectivity index (χ1v) is 7.35. The molecule has 4 heteroatoms. The van der Waals surface area contributed by atoms with Crippen LogP contribution in [0.15, 0.2) is 0 Å². The highest BCUT2D eigenvalue weighted by molar-refractivity contribution is 5.85. The van der Waals surface area contributed by atoms with Gasteiger partial charge in [-0.15, -0.1) is 0 Å². The van der Waals surface area contributed by atoms with E-state index in [4.69, 9.17) is 0 Å². The van der Waals surface area contributed by atoms with Crippen LogP contribution in [0.2, 0.25) is 0 Å². The second-order valence-electron chi connectivity index (χ2n) is 5.95. The van der Waals surface area contributed by atoms with E-state index in [1.54, 1.807) is 0 Å². The summed E-state index contributed by atoms with van der Waals surface area (Å²) in [5.41, 5.74) is 0. The molecule has 3 aliphatic rings. The molecule has 2 amide bonds. The highest BCUT2D eigenvalue weighted by atomic mass is 16.2. The van der Waals surface area contributed by atoms with Gasteiger partial charge >= 0.3 is 6.03 Å². The van der Waals surface area contributed by atoms with Crippen LogP contribution in [-0.4, -0.2) is 35.3 Å². The first-order chi connectivity index (χ1) is 8.75. The quantitative estimate of drug-likeness (QED) is 0.815. The van der Waals surface area contributed by atoms with Crippen molar-refractivity contribution in [1.29, 1.82) is 0 Å². The molecule has 100 valence electrons. The topological polar surface area (TPSA) is 49.4 Å². The highest BCUT2D eigenvalue weighted by Gasteiger charge is 2.40. The Bertz CT molecular complexity index is 352. The largest absolute Gasteiger partial charge is 0.335 e. The van der Waals surface area contributed by atoms with Crippen LogP contribution in [0.5, 0.6) is 0 Å². The van der Waals surface area contributed by atoms with Gasteiger partial charge in [0.2, 0.25) is 0 Å². The Morgan fingerprint density at radius 2 is 1.94 bits per heavy atom. The molecular weight excluding hydrogens is 228 g/mol. The zero-order chi connectivity index (χ0) is 12.5. The van der Waals surface area contributed by atoms with Gasteiger partial charge in [-0.3, -0.25) is 4.79 Å². The monoisotopic (exact) mass is 250 g/mol. The van der Waals surface area contributed by atoms with E-state index in [2.05, 4.69) is 5.32 Å². The van der Waals surface area contributed by atoms with Crippen LogP contribution in [0.3, 0.4) is 0 Å². The fourth-order valence-electron chi connectivity index (χ4n) is 3.52. The van der Waals surface area contributed by atoms with Gasteiger partial charge in [-0.2, -0.15) is 0 Å². The van der Waals surface area contributed by atoms with Gasteiger partial charge in [0.15, 0.2) is 0 Å². The van der Waals surface area contributed by atoms with Gasteiger partial charge in [0, 0.05) is 31.0 Å². The van der Waals surface area contributed by atoms with Crippen LogP contribution in [-0.2, 0) is 4.79 Å². The van der Waals surface area contributed by atoms with Gasteiger partial charge in [0.1, 0.15) is 5.78 Å². The summed E-state index contributed by atoms with van der Waals surface area (Å²) >= 11 is 0. The van der Waals surface area contributed by atoms with E-state index < -0.39 is 0 Å². The minimum atomic E-state index is 0.0712. The molecule has 3 fully saturated rings. The molecule has 2 aliphatic carbocycles. The zero-order valence-corrected chi connectivity index (χ0v) is 10.9. The average Bonchev–Trinajstić information content (AvgIpc) is 2.90. The zero-order valence-electron chi connectivity index (χ0n) is 10.9. The number of hydrogen-bond acceptors (Lipinski definition) is 2. The summed E-state index contributed by atoms with van der Waals surface area (Å²) in [5, 5.41) is 3.10. The standard InChI is InChI=1S/C14H22N2O2/c17-13-8-2-6-11(13)12-7-3-9-16(12)14(18)15-10-4-1-5-10/h10-12H,1-9H2,(H,15,18). The predicted molar refractivity (Wildman–Crippen MR) is 68.2 cm³/mol. The lowest BCUT2D eigenvalue weighted by atomic mass is 9.93. The van der Waals surface area contributed by atoms with Crippen molar-refractivity contribution >= 4 is 11.8 Å². The summed E-state index contributed by atoms with van der Waals surface area (Å²) in [7, 11) is 0. The van der Waals surface area contributed by atoms with E-state index >= 15 is 0 Å². The van der Waals surface area contributed by atoms with Crippen LogP contribution < -0.4 is 5.32 Å². The molecule has 0 spiro atoms. The molecule has 1 N–H and O–H groups in total. The fourth-order valence-corrected chi connectivity index (χ4v) is 3.52. The Kier molecular flexibility index (Phi) is 3.27. The lowest BCUT2D eigenvalue weighted by Gasteiger charge is -2.33. The summed E-state index contributed by atoms with van der Waals surface area (Å²) in [5.74, 6) is 0.503. The van der Waals surface area contributed by atoms with Gasteiger partial charge < -0.3 is 10.2 Å². The van der Waals surface area contributed by atoms with Crippen molar-refractivity contribution in [2.75, 3.05) is 6.54 Å². The van der Waals surface area contributed by atoms with Gasteiger partial charge in [0.25, 0.3) is 0 Å². The summed E-state index contributed by atoms with van der Waals surface area (Å²) in [6.45, 7) is 0.826. The van der Waals surface area contributed by atoms with Gasteiger partial charge in [0.05, 0.1) is 0 Å². The van der Waals surface area contributed by atoms with Crippen molar-refractivity contribution in [3.8, 4) is 0 Å². The first-order valence-electron chi connectivity index (χ1n) is 7.35. The minimum Gasteiger partial charge on any atom is -0.335 e. The number of Topliss-reactive ketones (excluding diaryl/α,β-unsaturated/α-hetero) is 1. The van der Waals surface area contributed by atoms with E-state index in [-0.39, 0.29) is 18.0 Å². The Labute approximate surface area is 108 Å². The molecule has 4 nitrogen and oxygen atoms in total. The van der Waals surface area contributed by atoms with E-state index in [1.165, 1.54) is 6.42 Å². The maximum Gasteiger partial charge on any atom is 0.317 e. The van der Waals surface area contributed by atoms with Crippen LogP contribution in [0.4, 0.5) is 4.79 Å². The lowest BCUT2D eigenvalue weighted by molar-refractivity contribution is -0.121. The maximum absolute atomic E-state index is 12.2. The van der Waals surface area contributed by atoms with Crippen molar-refractivity contribution in [3.63, 3.8) is 0 Å². The fraction of sp³-hybridized carbons (Fsp3) is 0.857. The molecule has 0 bridgehead atoms. The number of ketones is 1. The smallest absolute Gasteiger partial charge is 0.317 e. The average molecular weight is 250 g/mol. The van der Waals surface area contributed by atoms with E-state index in [9.17, 15) is 9.59 Å². The van der Waals surface area contributed by atoms with E-state index in [1.807, 2.05) is 4.90 Å². The Morgan fingerprint density at radius 1 is 1.11 bits per heavy atom. The van der Waals surface area contributed by atoms with Crippen molar-refractivity contribution in [3.05, 3.63) is 0 Å². The number of rotatable bonds is 2. The molecule has 2 atom stereocenters. The molecule has 0 aromatic rings. The lowest BCUT2D eigenvalue weighted by Crippen LogP contribution is -2.50. The third kappa shape index (κ3) is 2.13. The molecule has 2 unspecified atom stereocenters. The van der Waals surface area contributed by atoms with E-state index in [0.717, 1.165) is 51.5 Å². The summed E-state index contributed by atoms with van der Waals surface area (Å²) in [4.78, 5) is 26.0. The predicted octanol–water partition coefficient (Wildman–Crippen LogP) is 2.08. The van der Waals surface area contributed by atoms with Crippen molar-refractivity contribution < 1.29 is 9.59 Å². The molecular formula is C14H22N2O2. The second kappa shape index (κ2) is 4.90. The number of likely N-dealkylation sites (tertiary alicyclic amines) is 1. The van der Waals surface area contributed by atoms with Crippen molar-refractivity contribution in [2.45, 2.75) is 63.5 Å². The summed E-state index contributed by atoms with van der Waals surface area (Å²) in [6, 6.07) is 0.639. The number of nitrogens with zero attached hydrogens (tertiary/aromatic N) is 1. The molecule has 18 heavy (non-hydrogen) atoms. The van der Waals surface area contributed by atoms with Gasteiger partial charge in [-0.05, 0) is 44.9 Å². The normalized spacial score (nSPS) is 32.7. The Balaban J connectivity index is 1.62.